The third kappa shape index (κ3) is 5.34. The van der Waals surface area contributed by atoms with Gasteiger partial charge in [-0.2, -0.15) is 0 Å². The van der Waals surface area contributed by atoms with Gasteiger partial charge in [-0.15, -0.1) is 34.8 Å². The zero-order valence-corrected chi connectivity index (χ0v) is 12.6. The second kappa shape index (κ2) is 6.61. The number of hydrogen-bond donors (Lipinski definition) is 1. The number of hydrogen-bond acceptors (Lipinski definition) is 4. The highest BCUT2D eigenvalue weighted by molar-refractivity contribution is 7.91. The minimum Gasteiger partial charge on any atom is -0.469 e. The van der Waals surface area contributed by atoms with E-state index in [1.807, 2.05) is 0 Å². The molecule has 0 aromatic carbocycles. The molecule has 9 heteroatoms. The Morgan fingerprint density at radius 2 is 2.18 bits per heavy atom. The Morgan fingerprint density at radius 1 is 1.53 bits per heavy atom. The summed E-state index contributed by atoms with van der Waals surface area (Å²) >= 11 is 22.0. The van der Waals surface area contributed by atoms with E-state index in [0.717, 1.165) is 0 Å². The van der Waals surface area contributed by atoms with Crippen LogP contribution in [0.5, 0.6) is 0 Å². The van der Waals surface area contributed by atoms with Crippen molar-refractivity contribution in [1.82, 2.24) is 5.32 Å². The molecule has 0 amide bonds. The Morgan fingerprint density at radius 3 is 2.65 bits per heavy atom. The molecule has 0 aromatic rings. The first-order chi connectivity index (χ1) is 7.84. The molecule has 1 N–H and O–H groups in total. The van der Waals surface area contributed by atoms with Gasteiger partial charge in [0, 0.05) is 5.88 Å². The van der Waals surface area contributed by atoms with E-state index in [0.29, 0.717) is 0 Å². The maximum absolute atomic E-state index is 11.3. The van der Waals surface area contributed by atoms with Gasteiger partial charge in [-0.25, -0.2) is 8.42 Å². The Balaban J connectivity index is 2.37. The second-order valence-electron chi connectivity index (χ2n) is 3.69. The zero-order valence-electron chi connectivity index (χ0n) is 8.74. The van der Waals surface area contributed by atoms with E-state index in [1.54, 1.807) is 0 Å². The monoisotopic (exact) mass is 339 g/mol. The van der Waals surface area contributed by atoms with Gasteiger partial charge < -0.3 is 10.1 Å². The lowest BCUT2D eigenvalue weighted by Crippen LogP contribution is -2.41. The molecule has 0 unspecified atom stereocenters. The first kappa shape index (κ1) is 15.6. The standard InChI is InChI=1S/C8H12Cl3NO3S2/c9-1-5(10)2-15-8(16)12-7-4-17(13,14)3-6(7)11/h5-7H,1-4H2,(H,12,16)/t5-,6+,7+/m1/s1. The molecule has 0 aliphatic carbocycles. The molecule has 3 atom stereocenters. The van der Waals surface area contributed by atoms with E-state index in [1.165, 1.54) is 0 Å². The molecular formula is C8H12Cl3NO3S2. The molecular weight excluding hydrogens is 329 g/mol. The first-order valence-corrected chi connectivity index (χ1v) is 8.45. The number of nitrogens with one attached hydrogen (secondary N) is 1. The van der Waals surface area contributed by atoms with Gasteiger partial charge in [0.25, 0.3) is 5.17 Å². The Labute approximate surface area is 121 Å². The van der Waals surface area contributed by atoms with Crippen LogP contribution in [0.25, 0.3) is 0 Å². The maximum Gasteiger partial charge on any atom is 0.256 e. The van der Waals surface area contributed by atoms with Gasteiger partial charge in [0.15, 0.2) is 9.84 Å². The summed E-state index contributed by atoms with van der Waals surface area (Å²) in [5.74, 6) is 0.166. The summed E-state index contributed by atoms with van der Waals surface area (Å²) in [6, 6.07) is -0.418. The fourth-order valence-electron chi connectivity index (χ4n) is 1.34. The molecule has 1 heterocycles. The quantitative estimate of drug-likeness (QED) is 0.614. The fourth-order valence-corrected chi connectivity index (χ4v) is 4.26. The van der Waals surface area contributed by atoms with Gasteiger partial charge >= 0.3 is 0 Å². The van der Waals surface area contributed by atoms with E-state index >= 15 is 0 Å². The number of halogens is 3. The molecule has 1 rings (SSSR count). The lowest BCUT2D eigenvalue weighted by Gasteiger charge is -2.17. The fraction of sp³-hybridized carbons (Fsp3) is 0.875. The highest BCUT2D eigenvalue weighted by Crippen LogP contribution is 2.18. The van der Waals surface area contributed by atoms with Crippen LogP contribution in [0.4, 0.5) is 0 Å². The predicted octanol–water partition coefficient (Wildman–Crippen LogP) is 1.13. The number of sulfone groups is 1. The molecule has 0 saturated carbocycles. The zero-order chi connectivity index (χ0) is 13.1. The van der Waals surface area contributed by atoms with Gasteiger partial charge in [-0.3, -0.25) is 0 Å². The van der Waals surface area contributed by atoms with E-state index in [4.69, 9.17) is 51.8 Å². The van der Waals surface area contributed by atoms with Crippen molar-refractivity contribution in [2.45, 2.75) is 16.8 Å². The van der Waals surface area contributed by atoms with Crippen LogP contribution < -0.4 is 5.32 Å². The van der Waals surface area contributed by atoms with Crippen LogP contribution in [0.2, 0.25) is 0 Å². The van der Waals surface area contributed by atoms with Crippen molar-refractivity contribution in [3.8, 4) is 0 Å². The summed E-state index contributed by atoms with van der Waals surface area (Å²) in [4.78, 5) is 0. The third-order valence-corrected chi connectivity index (χ3v) is 5.57. The predicted molar refractivity (Wildman–Crippen MR) is 74.1 cm³/mol. The van der Waals surface area contributed by atoms with Crippen molar-refractivity contribution >= 4 is 62.0 Å². The molecule has 0 radical (unpaired) electrons. The molecule has 1 saturated heterocycles. The van der Waals surface area contributed by atoms with Crippen molar-refractivity contribution < 1.29 is 13.2 Å². The number of rotatable bonds is 4. The molecule has 0 bridgehead atoms. The minimum atomic E-state index is -3.08. The second-order valence-corrected chi connectivity index (χ2v) is 7.70. The number of ether oxygens (including phenoxy) is 1. The molecule has 4 nitrogen and oxygen atoms in total. The normalized spacial score (nSPS) is 28.6. The Kier molecular flexibility index (Phi) is 6.05. The largest absolute Gasteiger partial charge is 0.469 e. The average molecular weight is 341 g/mol. The summed E-state index contributed by atoms with van der Waals surface area (Å²) in [7, 11) is -3.08. The Hall–Kier alpha value is 0.510. The van der Waals surface area contributed by atoms with Gasteiger partial charge in [0.1, 0.15) is 6.61 Å². The Bertz CT molecular complexity index is 376. The number of thiocarbonyl (C=S) groups is 1. The van der Waals surface area contributed by atoms with Crippen LogP contribution in [0.1, 0.15) is 0 Å². The van der Waals surface area contributed by atoms with Crippen LogP contribution in [-0.4, -0.2) is 54.4 Å². The molecule has 0 aromatic heterocycles. The summed E-state index contributed by atoms with van der Waals surface area (Å²) < 4.78 is 27.7. The topological polar surface area (TPSA) is 55.4 Å². The molecule has 0 spiro atoms. The summed E-state index contributed by atoms with van der Waals surface area (Å²) in [6.45, 7) is 0.170. The molecule has 1 aliphatic heterocycles. The van der Waals surface area contributed by atoms with Crippen molar-refractivity contribution in [1.29, 1.82) is 0 Å². The SMILES string of the molecule is O=S1(=O)C[C@H](NC(=S)OC[C@H](Cl)CCl)[C@@H](Cl)C1. The van der Waals surface area contributed by atoms with E-state index in [2.05, 4.69) is 5.32 Å². The number of alkyl halides is 3. The summed E-state index contributed by atoms with van der Waals surface area (Å²) in [6.07, 6.45) is 0. The van der Waals surface area contributed by atoms with Crippen LogP contribution >= 0.6 is 47.0 Å². The van der Waals surface area contributed by atoms with Crippen molar-refractivity contribution in [3.63, 3.8) is 0 Å². The van der Waals surface area contributed by atoms with E-state index < -0.39 is 21.3 Å². The highest BCUT2D eigenvalue weighted by Gasteiger charge is 2.37. The summed E-state index contributed by atoms with van der Waals surface area (Å²) in [5.41, 5.74) is 0. The van der Waals surface area contributed by atoms with Gasteiger partial charge in [0.05, 0.1) is 28.3 Å². The third-order valence-electron chi connectivity index (χ3n) is 2.15. The average Bonchev–Trinajstić information content (AvgIpc) is 2.48. The smallest absolute Gasteiger partial charge is 0.256 e. The van der Waals surface area contributed by atoms with Crippen LogP contribution in [-0.2, 0) is 14.6 Å². The molecule has 100 valence electrons. The lowest BCUT2D eigenvalue weighted by atomic mass is 10.3. The van der Waals surface area contributed by atoms with Crippen LogP contribution in [0, 0.1) is 0 Å². The van der Waals surface area contributed by atoms with E-state index in [9.17, 15) is 8.42 Å². The van der Waals surface area contributed by atoms with Crippen LogP contribution in [0.3, 0.4) is 0 Å². The highest BCUT2D eigenvalue weighted by atomic mass is 35.5. The molecule has 17 heavy (non-hydrogen) atoms. The summed E-state index contributed by atoms with van der Waals surface area (Å²) in [5, 5.41) is 2.02. The lowest BCUT2D eigenvalue weighted by molar-refractivity contribution is 0.298. The molecule has 1 aliphatic rings. The molecule has 1 fully saturated rings. The van der Waals surface area contributed by atoms with Crippen molar-refractivity contribution in [2.75, 3.05) is 24.0 Å². The van der Waals surface area contributed by atoms with Crippen molar-refractivity contribution in [2.24, 2.45) is 0 Å². The first-order valence-electron chi connectivity index (χ1n) is 4.82. The minimum absolute atomic E-state index is 0.0372. The van der Waals surface area contributed by atoms with E-state index in [-0.39, 0.29) is 34.5 Å². The van der Waals surface area contributed by atoms with Crippen LogP contribution in [0.15, 0.2) is 0 Å². The van der Waals surface area contributed by atoms with Gasteiger partial charge in [0.2, 0.25) is 0 Å². The van der Waals surface area contributed by atoms with Gasteiger partial charge in [-0.05, 0) is 12.2 Å². The van der Waals surface area contributed by atoms with Crippen molar-refractivity contribution in [3.05, 3.63) is 0 Å². The van der Waals surface area contributed by atoms with Gasteiger partial charge in [-0.1, -0.05) is 0 Å². The maximum atomic E-state index is 11.3.